The molecule has 0 radical (unpaired) electrons. The first-order valence-corrected chi connectivity index (χ1v) is 12.9. The molecule has 1 amide bonds. The average Bonchev–Trinajstić information content (AvgIpc) is 3.30. The first-order chi connectivity index (χ1) is 17.8. The zero-order chi connectivity index (χ0) is 25.6. The lowest BCUT2D eigenvalue weighted by Gasteiger charge is -2.56. The van der Waals surface area contributed by atoms with Gasteiger partial charge in [0.25, 0.3) is 0 Å². The molecule has 2 aliphatic heterocycles. The molecule has 37 heavy (non-hydrogen) atoms. The van der Waals surface area contributed by atoms with Gasteiger partial charge in [-0.15, -0.1) is 0 Å². The molecule has 3 heterocycles. The van der Waals surface area contributed by atoms with E-state index in [4.69, 9.17) is 0 Å². The Morgan fingerprint density at radius 2 is 1.70 bits per heavy atom. The normalized spacial score (nSPS) is 21.1. The van der Waals surface area contributed by atoms with Gasteiger partial charge >= 0.3 is 6.18 Å². The van der Waals surface area contributed by atoms with Crippen LogP contribution in [-0.4, -0.2) is 51.9 Å². The topological polar surface area (TPSA) is 49.3 Å². The van der Waals surface area contributed by atoms with Crippen molar-refractivity contribution in [2.75, 3.05) is 26.2 Å². The van der Waals surface area contributed by atoms with Crippen molar-refractivity contribution in [2.24, 2.45) is 5.41 Å². The summed E-state index contributed by atoms with van der Waals surface area (Å²) in [6, 6.07) is 13.8. The van der Waals surface area contributed by atoms with Gasteiger partial charge in [0, 0.05) is 50.2 Å². The fourth-order valence-electron chi connectivity index (χ4n) is 6.24. The Hall–Kier alpha value is -3.26. The maximum absolute atomic E-state index is 12.8. The highest BCUT2D eigenvalue weighted by atomic mass is 19.4. The van der Waals surface area contributed by atoms with Gasteiger partial charge in [0.05, 0.1) is 12.0 Å². The maximum atomic E-state index is 12.8. The molecule has 0 bridgehead atoms. The Labute approximate surface area is 214 Å². The summed E-state index contributed by atoms with van der Waals surface area (Å²) in [4.78, 5) is 26.0. The van der Waals surface area contributed by atoms with E-state index in [0.29, 0.717) is 11.6 Å². The number of piperidine rings is 1. The Balaban J connectivity index is 1.02. The molecule has 5 nitrogen and oxygen atoms in total. The van der Waals surface area contributed by atoms with E-state index in [1.165, 1.54) is 23.3 Å². The van der Waals surface area contributed by atoms with Crippen LogP contribution in [-0.2, 0) is 23.8 Å². The standard InChI is InChI=1S/C29H29F3N4O/c30-29(31,32)23-6-2-20(3-7-23)16-26(37)35-14-10-28(11-15-35)18-36(19-28)25-9-5-21-17-22(4-8-24(21)25)27-33-12-1-13-34-27/h1-4,6-8,12-13,17,25H,5,9-11,14-16,18-19H2. The van der Waals surface area contributed by atoms with E-state index in [2.05, 4.69) is 33.1 Å². The number of carbonyl (C=O) groups is 1. The summed E-state index contributed by atoms with van der Waals surface area (Å²) >= 11 is 0. The van der Waals surface area contributed by atoms with Gasteiger partial charge in [-0.05, 0) is 72.1 Å². The number of halogens is 3. The molecule has 0 N–H and O–H groups in total. The second-order valence-corrected chi connectivity index (χ2v) is 10.7. The van der Waals surface area contributed by atoms with Crippen molar-refractivity contribution in [3.05, 3.63) is 83.2 Å². The van der Waals surface area contributed by atoms with Crippen LogP contribution in [0, 0.1) is 5.41 Å². The highest BCUT2D eigenvalue weighted by Crippen LogP contribution is 2.48. The number of amides is 1. The molecule has 3 aliphatic rings. The molecule has 2 aromatic carbocycles. The zero-order valence-electron chi connectivity index (χ0n) is 20.5. The van der Waals surface area contributed by atoms with E-state index >= 15 is 0 Å². The number of nitrogens with zero attached hydrogens (tertiary/aromatic N) is 4. The average molecular weight is 507 g/mol. The first kappa shape index (κ1) is 24.1. The number of aryl methyl sites for hydroxylation is 1. The number of likely N-dealkylation sites (tertiary alicyclic amines) is 2. The van der Waals surface area contributed by atoms with E-state index in [9.17, 15) is 18.0 Å². The zero-order valence-corrected chi connectivity index (χ0v) is 20.5. The third-order valence-corrected chi connectivity index (χ3v) is 8.34. The molecule has 3 aromatic rings. The fraction of sp³-hybridized carbons (Fsp3) is 0.414. The first-order valence-electron chi connectivity index (χ1n) is 12.9. The molecule has 2 saturated heterocycles. The molecular weight excluding hydrogens is 477 g/mol. The van der Waals surface area contributed by atoms with Gasteiger partial charge in [0.2, 0.25) is 5.91 Å². The second kappa shape index (κ2) is 9.24. The van der Waals surface area contributed by atoms with Crippen LogP contribution in [0.2, 0.25) is 0 Å². The molecule has 6 rings (SSSR count). The number of carbonyl (C=O) groups excluding carboxylic acids is 1. The number of hydrogen-bond acceptors (Lipinski definition) is 4. The quantitative estimate of drug-likeness (QED) is 0.481. The Bertz CT molecular complexity index is 1280. The van der Waals surface area contributed by atoms with Crippen LogP contribution >= 0.6 is 0 Å². The van der Waals surface area contributed by atoms with Crippen molar-refractivity contribution in [1.82, 2.24) is 19.8 Å². The summed E-state index contributed by atoms with van der Waals surface area (Å²) in [6.45, 7) is 3.55. The highest BCUT2D eigenvalue weighted by Gasteiger charge is 2.48. The number of aromatic nitrogens is 2. The predicted octanol–water partition coefficient (Wildman–Crippen LogP) is 5.32. The van der Waals surface area contributed by atoms with Crippen LogP contribution in [0.3, 0.4) is 0 Å². The minimum absolute atomic E-state index is 0.00583. The maximum Gasteiger partial charge on any atom is 0.416 e. The van der Waals surface area contributed by atoms with Gasteiger partial charge < -0.3 is 4.90 Å². The van der Waals surface area contributed by atoms with Gasteiger partial charge in [-0.3, -0.25) is 9.69 Å². The number of hydrogen-bond donors (Lipinski definition) is 0. The van der Waals surface area contributed by atoms with Crippen LogP contribution in [0.15, 0.2) is 60.9 Å². The van der Waals surface area contributed by atoms with Gasteiger partial charge in [-0.2, -0.15) is 13.2 Å². The second-order valence-electron chi connectivity index (χ2n) is 10.7. The van der Waals surface area contributed by atoms with Gasteiger partial charge in [-0.25, -0.2) is 9.97 Å². The van der Waals surface area contributed by atoms with Crippen LogP contribution in [0.4, 0.5) is 13.2 Å². The highest BCUT2D eigenvalue weighted by molar-refractivity contribution is 5.79. The van der Waals surface area contributed by atoms with Crippen molar-refractivity contribution in [3.63, 3.8) is 0 Å². The summed E-state index contributed by atoms with van der Waals surface area (Å²) in [5.41, 5.74) is 4.07. The lowest BCUT2D eigenvalue weighted by atomic mass is 9.71. The minimum Gasteiger partial charge on any atom is -0.342 e. The Kier molecular flexibility index (Phi) is 6.02. The van der Waals surface area contributed by atoms with Crippen LogP contribution in [0.5, 0.6) is 0 Å². The Morgan fingerprint density at radius 3 is 2.38 bits per heavy atom. The monoisotopic (exact) mass is 506 g/mol. The SMILES string of the molecule is O=C(Cc1ccc(C(F)(F)F)cc1)N1CCC2(CC1)CN(C1CCc3cc(-c4ncccn4)ccc31)C2. The Morgan fingerprint density at radius 1 is 1.00 bits per heavy atom. The fourth-order valence-corrected chi connectivity index (χ4v) is 6.24. The molecule has 1 spiro atoms. The van der Waals surface area contributed by atoms with Crippen LogP contribution in [0.1, 0.15) is 47.6 Å². The van der Waals surface area contributed by atoms with Crippen molar-refractivity contribution in [3.8, 4) is 11.4 Å². The molecular formula is C29H29F3N4O. The molecule has 1 unspecified atom stereocenters. The van der Waals surface area contributed by atoms with E-state index in [0.717, 1.165) is 75.4 Å². The predicted molar refractivity (Wildman–Crippen MR) is 133 cm³/mol. The molecule has 1 aromatic heterocycles. The van der Waals surface area contributed by atoms with Crippen molar-refractivity contribution in [2.45, 2.75) is 44.3 Å². The minimum atomic E-state index is -4.36. The summed E-state index contributed by atoms with van der Waals surface area (Å²) < 4.78 is 38.3. The number of alkyl halides is 3. The molecule has 0 saturated carbocycles. The summed E-state index contributed by atoms with van der Waals surface area (Å²) in [6.07, 6.45) is 3.47. The van der Waals surface area contributed by atoms with Crippen LogP contribution < -0.4 is 0 Å². The molecule has 192 valence electrons. The third-order valence-electron chi connectivity index (χ3n) is 8.34. The number of rotatable bonds is 4. The number of benzene rings is 2. The third kappa shape index (κ3) is 4.75. The molecule has 2 fully saturated rings. The lowest BCUT2D eigenvalue weighted by molar-refractivity contribution is -0.137. The molecule has 8 heteroatoms. The van der Waals surface area contributed by atoms with Gasteiger partial charge in [0.1, 0.15) is 0 Å². The van der Waals surface area contributed by atoms with E-state index in [1.807, 2.05) is 11.0 Å². The van der Waals surface area contributed by atoms with Crippen molar-refractivity contribution >= 4 is 5.91 Å². The van der Waals surface area contributed by atoms with E-state index in [-0.39, 0.29) is 17.7 Å². The van der Waals surface area contributed by atoms with Crippen molar-refractivity contribution in [1.29, 1.82) is 0 Å². The van der Waals surface area contributed by atoms with E-state index in [1.54, 1.807) is 12.4 Å². The molecule has 1 aliphatic carbocycles. The largest absolute Gasteiger partial charge is 0.416 e. The number of fused-ring (bicyclic) bond motifs is 1. The summed E-state index contributed by atoms with van der Waals surface area (Å²) in [5, 5.41) is 0. The van der Waals surface area contributed by atoms with Crippen molar-refractivity contribution < 1.29 is 18.0 Å². The summed E-state index contributed by atoms with van der Waals surface area (Å²) in [7, 11) is 0. The summed E-state index contributed by atoms with van der Waals surface area (Å²) in [5.74, 6) is 0.755. The molecule has 1 atom stereocenters. The van der Waals surface area contributed by atoms with Gasteiger partial charge in [0.15, 0.2) is 5.82 Å². The van der Waals surface area contributed by atoms with Crippen LogP contribution in [0.25, 0.3) is 11.4 Å². The van der Waals surface area contributed by atoms with E-state index < -0.39 is 11.7 Å². The lowest BCUT2D eigenvalue weighted by Crippen LogP contribution is -2.61. The smallest absolute Gasteiger partial charge is 0.342 e. The van der Waals surface area contributed by atoms with Gasteiger partial charge in [-0.1, -0.05) is 24.3 Å².